The van der Waals surface area contributed by atoms with Gasteiger partial charge in [0.1, 0.15) is 5.75 Å². The van der Waals surface area contributed by atoms with Crippen molar-refractivity contribution in [2.45, 2.75) is 26.2 Å². The highest BCUT2D eigenvalue weighted by Crippen LogP contribution is 2.35. The number of amides is 1. The zero-order valence-electron chi connectivity index (χ0n) is 12.0. The molecule has 0 heterocycles. The van der Waals surface area contributed by atoms with Gasteiger partial charge in [0.25, 0.3) is 0 Å². The van der Waals surface area contributed by atoms with Gasteiger partial charge in [0.2, 0.25) is 5.91 Å². The Bertz CT molecular complexity index is 573. The molecule has 0 saturated heterocycles. The average Bonchev–Trinajstić information content (AvgIpc) is 2.92. The Hall–Kier alpha value is -1.75. The maximum Gasteiger partial charge on any atom is 0.307 e. The van der Waals surface area contributed by atoms with Crippen molar-refractivity contribution in [2.75, 3.05) is 12.4 Å². The fourth-order valence-corrected chi connectivity index (χ4v) is 2.88. The molecule has 1 fully saturated rings. The number of hydrogen-bond acceptors (Lipinski definition) is 3. The van der Waals surface area contributed by atoms with Crippen LogP contribution in [0.2, 0.25) is 5.02 Å². The number of halogens is 1. The van der Waals surface area contributed by atoms with E-state index in [2.05, 4.69) is 5.32 Å². The van der Waals surface area contributed by atoms with Crippen LogP contribution in [-0.4, -0.2) is 24.1 Å². The van der Waals surface area contributed by atoms with Gasteiger partial charge in [0, 0.05) is 11.1 Å². The molecule has 2 rings (SSSR count). The molecule has 2 N–H and O–H groups in total. The van der Waals surface area contributed by atoms with Crippen molar-refractivity contribution >= 4 is 29.2 Å². The second kappa shape index (κ2) is 6.35. The third-order valence-electron chi connectivity index (χ3n) is 3.91. The average molecular weight is 312 g/mol. The second-order valence-corrected chi connectivity index (χ2v) is 5.68. The minimum absolute atomic E-state index is 0.278. The summed E-state index contributed by atoms with van der Waals surface area (Å²) in [6.07, 6.45) is 1.90. The zero-order chi connectivity index (χ0) is 15.6. The molecule has 0 aliphatic heterocycles. The number of carbonyl (C=O) groups excluding carboxylic acids is 1. The fourth-order valence-electron chi connectivity index (χ4n) is 2.72. The van der Waals surface area contributed by atoms with E-state index in [1.165, 1.54) is 7.11 Å². The van der Waals surface area contributed by atoms with Gasteiger partial charge in [-0.1, -0.05) is 18.0 Å². The number of ether oxygens (including phenoxy) is 1. The minimum Gasteiger partial charge on any atom is -0.495 e. The van der Waals surface area contributed by atoms with Gasteiger partial charge in [-0.25, -0.2) is 0 Å². The molecule has 0 radical (unpaired) electrons. The molecule has 21 heavy (non-hydrogen) atoms. The van der Waals surface area contributed by atoms with E-state index >= 15 is 0 Å². The van der Waals surface area contributed by atoms with Crippen LogP contribution >= 0.6 is 11.6 Å². The van der Waals surface area contributed by atoms with Gasteiger partial charge in [0.15, 0.2) is 0 Å². The molecular formula is C15H18ClNO4. The first-order valence-electron chi connectivity index (χ1n) is 6.82. The first-order valence-corrected chi connectivity index (χ1v) is 7.19. The van der Waals surface area contributed by atoms with E-state index in [0.29, 0.717) is 29.3 Å². The molecule has 1 aromatic rings. The lowest BCUT2D eigenvalue weighted by Gasteiger charge is -2.17. The molecule has 6 heteroatoms. The summed E-state index contributed by atoms with van der Waals surface area (Å²) < 4.78 is 5.20. The number of nitrogens with one attached hydrogen (secondary N) is 1. The van der Waals surface area contributed by atoms with Crippen LogP contribution < -0.4 is 10.1 Å². The topological polar surface area (TPSA) is 75.6 Å². The number of anilines is 1. The number of carbonyl (C=O) groups is 2. The molecular weight excluding hydrogens is 294 g/mol. The van der Waals surface area contributed by atoms with Crippen LogP contribution in [0, 0.1) is 18.8 Å². The van der Waals surface area contributed by atoms with Crippen molar-refractivity contribution in [3.8, 4) is 5.75 Å². The highest BCUT2D eigenvalue weighted by atomic mass is 35.5. The van der Waals surface area contributed by atoms with Crippen LogP contribution in [-0.2, 0) is 9.59 Å². The van der Waals surface area contributed by atoms with Crippen molar-refractivity contribution in [1.29, 1.82) is 0 Å². The first-order chi connectivity index (χ1) is 9.93. The van der Waals surface area contributed by atoms with Crippen molar-refractivity contribution in [3.05, 3.63) is 22.7 Å². The van der Waals surface area contributed by atoms with Crippen molar-refractivity contribution in [2.24, 2.45) is 11.8 Å². The molecule has 2 atom stereocenters. The van der Waals surface area contributed by atoms with Gasteiger partial charge < -0.3 is 15.2 Å². The molecule has 0 spiro atoms. The Morgan fingerprint density at radius 1 is 1.33 bits per heavy atom. The van der Waals surface area contributed by atoms with E-state index in [1.54, 1.807) is 12.1 Å². The number of rotatable bonds is 4. The Morgan fingerprint density at radius 2 is 2.00 bits per heavy atom. The lowest BCUT2D eigenvalue weighted by Crippen LogP contribution is -2.30. The predicted molar refractivity (Wildman–Crippen MR) is 79.8 cm³/mol. The van der Waals surface area contributed by atoms with Crippen LogP contribution in [0.25, 0.3) is 0 Å². The molecule has 5 nitrogen and oxygen atoms in total. The summed E-state index contributed by atoms with van der Waals surface area (Å²) in [4.78, 5) is 23.5. The summed E-state index contributed by atoms with van der Waals surface area (Å²) in [6.45, 7) is 1.83. The first kappa shape index (κ1) is 15.6. The van der Waals surface area contributed by atoms with Crippen molar-refractivity contribution in [1.82, 2.24) is 0 Å². The minimum atomic E-state index is -0.910. The van der Waals surface area contributed by atoms with Gasteiger partial charge in [-0.2, -0.15) is 0 Å². The van der Waals surface area contributed by atoms with Crippen LogP contribution in [0.1, 0.15) is 24.8 Å². The van der Waals surface area contributed by atoms with Crippen molar-refractivity contribution in [3.63, 3.8) is 0 Å². The van der Waals surface area contributed by atoms with E-state index in [9.17, 15) is 9.59 Å². The van der Waals surface area contributed by atoms with E-state index in [1.807, 2.05) is 6.92 Å². The van der Waals surface area contributed by atoms with Gasteiger partial charge in [-0.15, -0.1) is 0 Å². The Morgan fingerprint density at radius 3 is 2.62 bits per heavy atom. The smallest absolute Gasteiger partial charge is 0.307 e. The summed E-state index contributed by atoms with van der Waals surface area (Å²) >= 11 is 6.02. The number of aliphatic carboxylic acids is 1. The monoisotopic (exact) mass is 311 g/mol. The zero-order valence-corrected chi connectivity index (χ0v) is 12.7. The predicted octanol–water partition coefficient (Wildman–Crippen LogP) is 3.10. The molecule has 1 aliphatic carbocycles. The summed E-state index contributed by atoms with van der Waals surface area (Å²) in [5, 5.41) is 12.5. The SMILES string of the molecule is COc1cc(Cl)c(C)cc1NC(=O)C1CCCC1C(=O)O. The number of carboxylic acids is 1. The summed E-state index contributed by atoms with van der Waals surface area (Å²) in [7, 11) is 1.49. The molecule has 1 aromatic carbocycles. The van der Waals surface area contributed by atoms with Crippen molar-refractivity contribution < 1.29 is 19.4 Å². The number of methoxy groups -OCH3 is 1. The number of benzene rings is 1. The molecule has 1 saturated carbocycles. The van der Waals surface area contributed by atoms with Crippen LogP contribution in [0.15, 0.2) is 12.1 Å². The summed E-state index contributed by atoms with van der Waals surface area (Å²) in [5.74, 6) is -1.83. The largest absolute Gasteiger partial charge is 0.495 e. The van der Waals surface area contributed by atoms with E-state index < -0.39 is 17.8 Å². The summed E-state index contributed by atoms with van der Waals surface area (Å²) in [5.41, 5.74) is 1.33. The van der Waals surface area contributed by atoms with Crippen LogP contribution in [0.5, 0.6) is 5.75 Å². The maximum absolute atomic E-state index is 12.3. The molecule has 0 aromatic heterocycles. The highest BCUT2D eigenvalue weighted by molar-refractivity contribution is 6.31. The molecule has 0 bridgehead atoms. The Labute approximate surface area is 128 Å². The van der Waals surface area contributed by atoms with Gasteiger partial charge in [-0.3, -0.25) is 9.59 Å². The maximum atomic E-state index is 12.3. The third-order valence-corrected chi connectivity index (χ3v) is 4.32. The second-order valence-electron chi connectivity index (χ2n) is 5.27. The van der Waals surface area contributed by atoms with Crippen LogP contribution in [0.3, 0.4) is 0 Å². The third kappa shape index (κ3) is 3.29. The Balaban J connectivity index is 2.20. The number of aryl methyl sites for hydroxylation is 1. The van der Waals surface area contributed by atoms with Gasteiger partial charge >= 0.3 is 5.97 Å². The number of hydrogen-bond donors (Lipinski definition) is 2. The Kier molecular flexibility index (Phi) is 4.73. The van der Waals surface area contributed by atoms with Gasteiger partial charge in [0.05, 0.1) is 24.6 Å². The van der Waals surface area contributed by atoms with Gasteiger partial charge in [-0.05, 0) is 31.4 Å². The molecule has 1 amide bonds. The van der Waals surface area contributed by atoms with E-state index in [0.717, 1.165) is 12.0 Å². The van der Waals surface area contributed by atoms with E-state index in [-0.39, 0.29) is 5.91 Å². The fraction of sp³-hybridized carbons (Fsp3) is 0.467. The number of carboxylic acid groups (broad SMARTS) is 1. The lowest BCUT2D eigenvalue weighted by molar-refractivity contribution is -0.145. The lowest BCUT2D eigenvalue weighted by atomic mass is 9.95. The molecule has 2 unspecified atom stereocenters. The van der Waals surface area contributed by atoms with E-state index in [4.69, 9.17) is 21.4 Å². The standard InChI is InChI=1S/C15H18ClNO4/c1-8-6-12(13(21-2)7-11(8)16)17-14(18)9-4-3-5-10(9)15(19)20/h6-7,9-10H,3-5H2,1-2H3,(H,17,18)(H,19,20). The normalized spacial score (nSPS) is 21.1. The van der Waals surface area contributed by atoms with Crippen LogP contribution in [0.4, 0.5) is 5.69 Å². The highest BCUT2D eigenvalue weighted by Gasteiger charge is 2.37. The summed E-state index contributed by atoms with van der Waals surface area (Å²) in [6, 6.07) is 3.36. The molecule has 114 valence electrons. The quantitative estimate of drug-likeness (QED) is 0.896. The molecule has 1 aliphatic rings.